The molecular weight excluding hydrogens is 279 g/mol. The van der Waals surface area contributed by atoms with E-state index in [-0.39, 0.29) is 5.82 Å². The summed E-state index contributed by atoms with van der Waals surface area (Å²) in [5.41, 5.74) is 2.62. The fraction of sp³-hybridized carbons (Fsp3) is 0.143. The van der Waals surface area contributed by atoms with Crippen LogP contribution in [0.5, 0.6) is 0 Å². The highest BCUT2D eigenvalue weighted by Gasteiger charge is 2.11. The molecule has 3 N–H and O–H groups in total. The lowest BCUT2D eigenvalue weighted by Gasteiger charge is -2.12. The van der Waals surface area contributed by atoms with E-state index in [2.05, 4.69) is 4.72 Å². The van der Waals surface area contributed by atoms with Crippen molar-refractivity contribution in [2.24, 2.45) is 5.14 Å². The summed E-state index contributed by atoms with van der Waals surface area (Å²) >= 11 is 0. The van der Waals surface area contributed by atoms with E-state index < -0.39 is 16.3 Å². The summed E-state index contributed by atoms with van der Waals surface area (Å²) in [4.78, 5) is 0. The van der Waals surface area contributed by atoms with Crippen LogP contribution in [0.4, 0.5) is 4.39 Å². The van der Waals surface area contributed by atoms with Gasteiger partial charge in [0.25, 0.3) is 10.2 Å². The van der Waals surface area contributed by atoms with Crippen LogP contribution in [0.2, 0.25) is 0 Å². The van der Waals surface area contributed by atoms with Gasteiger partial charge in [0.1, 0.15) is 5.82 Å². The molecule has 1 atom stereocenters. The quantitative estimate of drug-likeness (QED) is 0.908. The van der Waals surface area contributed by atoms with Crippen LogP contribution in [0.1, 0.15) is 18.5 Å². The van der Waals surface area contributed by atoms with Gasteiger partial charge >= 0.3 is 0 Å². The minimum atomic E-state index is -3.73. The van der Waals surface area contributed by atoms with E-state index >= 15 is 0 Å². The van der Waals surface area contributed by atoms with Gasteiger partial charge in [0.2, 0.25) is 0 Å². The van der Waals surface area contributed by atoms with Crippen LogP contribution in [0.25, 0.3) is 11.1 Å². The third-order valence-corrected chi connectivity index (χ3v) is 3.61. The summed E-state index contributed by atoms with van der Waals surface area (Å²) in [5.74, 6) is -0.281. The monoisotopic (exact) mass is 294 g/mol. The Bertz CT molecular complexity index is 682. The molecule has 0 aliphatic carbocycles. The molecule has 0 saturated heterocycles. The van der Waals surface area contributed by atoms with Crippen molar-refractivity contribution in [1.82, 2.24) is 4.72 Å². The van der Waals surface area contributed by atoms with Crippen molar-refractivity contribution in [1.29, 1.82) is 0 Å². The lowest BCUT2D eigenvalue weighted by Crippen LogP contribution is -2.32. The summed E-state index contributed by atoms with van der Waals surface area (Å²) in [5, 5.41) is 4.93. The van der Waals surface area contributed by atoms with Crippen LogP contribution < -0.4 is 9.86 Å². The molecule has 0 aromatic heterocycles. The van der Waals surface area contributed by atoms with E-state index in [4.69, 9.17) is 5.14 Å². The molecule has 4 nitrogen and oxygen atoms in total. The summed E-state index contributed by atoms with van der Waals surface area (Å²) in [7, 11) is -3.73. The predicted octanol–water partition coefficient (Wildman–Crippen LogP) is 2.35. The molecule has 0 saturated carbocycles. The van der Waals surface area contributed by atoms with Gasteiger partial charge in [-0.1, -0.05) is 36.4 Å². The Hall–Kier alpha value is -1.76. The molecule has 0 amide bonds. The number of hydrogen-bond acceptors (Lipinski definition) is 2. The predicted molar refractivity (Wildman–Crippen MR) is 76.5 cm³/mol. The zero-order chi connectivity index (χ0) is 14.8. The first kappa shape index (κ1) is 14.6. The van der Waals surface area contributed by atoms with Gasteiger partial charge < -0.3 is 0 Å². The average molecular weight is 294 g/mol. The van der Waals surface area contributed by atoms with Crippen LogP contribution in [0.3, 0.4) is 0 Å². The Labute approximate surface area is 117 Å². The van der Waals surface area contributed by atoms with Crippen LogP contribution >= 0.6 is 0 Å². The molecule has 0 radical (unpaired) electrons. The standard InChI is InChI=1S/C14H15FN2O2S/c1-10(17-20(16,18)19)11-2-4-12(5-3-11)13-6-8-14(15)9-7-13/h2-10,17H,1H3,(H2,16,18,19)/t10-/m1/s1. The summed E-state index contributed by atoms with van der Waals surface area (Å²) in [6, 6.07) is 13.1. The lowest BCUT2D eigenvalue weighted by molar-refractivity contribution is 0.568. The number of halogens is 1. The molecule has 0 heterocycles. The van der Waals surface area contributed by atoms with Crippen LogP contribution in [-0.2, 0) is 10.2 Å². The number of benzene rings is 2. The molecule has 0 aliphatic rings. The van der Waals surface area contributed by atoms with Crippen LogP contribution in [-0.4, -0.2) is 8.42 Å². The van der Waals surface area contributed by atoms with Gasteiger partial charge in [-0.05, 0) is 35.7 Å². The average Bonchev–Trinajstić information content (AvgIpc) is 2.38. The van der Waals surface area contributed by atoms with Gasteiger partial charge in [0.05, 0.1) is 0 Å². The molecule has 0 unspecified atom stereocenters. The molecule has 106 valence electrons. The third kappa shape index (κ3) is 3.86. The molecule has 6 heteroatoms. The van der Waals surface area contributed by atoms with Crippen molar-refractivity contribution >= 4 is 10.2 Å². The summed E-state index contributed by atoms with van der Waals surface area (Å²) in [6.07, 6.45) is 0. The highest BCUT2D eigenvalue weighted by Crippen LogP contribution is 2.22. The van der Waals surface area contributed by atoms with Gasteiger partial charge in [-0.25, -0.2) is 9.53 Å². The number of nitrogens with two attached hydrogens (primary N) is 1. The largest absolute Gasteiger partial charge is 0.274 e. The van der Waals surface area contributed by atoms with Crippen molar-refractivity contribution in [3.63, 3.8) is 0 Å². The fourth-order valence-electron chi connectivity index (χ4n) is 1.92. The Balaban J connectivity index is 2.20. The van der Waals surface area contributed by atoms with Crippen molar-refractivity contribution in [2.45, 2.75) is 13.0 Å². The van der Waals surface area contributed by atoms with Crippen molar-refractivity contribution in [3.8, 4) is 11.1 Å². The van der Waals surface area contributed by atoms with Crippen molar-refractivity contribution in [2.75, 3.05) is 0 Å². The zero-order valence-electron chi connectivity index (χ0n) is 10.9. The number of nitrogens with one attached hydrogen (secondary N) is 1. The topological polar surface area (TPSA) is 72.2 Å². The molecule has 0 bridgehead atoms. The molecule has 2 aromatic rings. The zero-order valence-corrected chi connectivity index (χ0v) is 11.7. The Morgan fingerprint density at radius 2 is 1.45 bits per heavy atom. The molecule has 2 rings (SSSR count). The van der Waals surface area contributed by atoms with E-state index in [1.807, 2.05) is 24.3 Å². The number of rotatable bonds is 4. The van der Waals surface area contributed by atoms with Gasteiger partial charge in [-0.15, -0.1) is 0 Å². The van der Waals surface area contributed by atoms with E-state index in [0.717, 1.165) is 16.7 Å². The molecule has 0 spiro atoms. The maximum Gasteiger partial charge on any atom is 0.274 e. The lowest BCUT2D eigenvalue weighted by atomic mass is 10.0. The van der Waals surface area contributed by atoms with E-state index in [0.29, 0.717) is 0 Å². The Morgan fingerprint density at radius 3 is 1.90 bits per heavy atom. The second-order valence-electron chi connectivity index (χ2n) is 4.51. The van der Waals surface area contributed by atoms with Crippen molar-refractivity contribution < 1.29 is 12.8 Å². The third-order valence-electron chi connectivity index (χ3n) is 2.93. The maximum atomic E-state index is 12.9. The number of hydrogen-bond donors (Lipinski definition) is 2. The second-order valence-corrected chi connectivity index (χ2v) is 5.84. The smallest absolute Gasteiger partial charge is 0.216 e. The Kier molecular flexibility index (Phi) is 4.17. The second kappa shape index (κ2) is 5.70. The van der Waals surface area contributed by atoms with Crippen LogP contribution in [0, 0.1) is 5.82 Å². The highest BCUT2D eigenvalue weighted by atomic mass is 32.2. The van der Waals surface area contributed by atoms with Gasteiger partial charge in [0, 0.05) is 6.04 Å². The first-order chi connectivity index (χ1) is 9.35. The van der Waals surface area contributed by atoms with Crippen LogP contribution in [0.15, 0.2) is 48.5 Å². The summed E-state index contributed by atoms with van der Waals surface area (Å²) < 4.78 is 37.1. The SMILES string of the molecule is C[C@@H](NS(N)(=O)=O)c1ccc(-c2ccc(F)cc2)cc1. The first-order valence-electron chi connectivity index (χ1n) is 6.01. The van der Waals surface area contributed by atoms with Crippen molar-refractivity contribution in [3.05, 3.63) is 59.9 Å². The van der Waals surface area contributed by atoms with Gasteiger partial charge in [0.15, 0.2) is 0 Å². The molecule has 2 aromatic carbocycles. The van der Waals surface area contributed by atoms with E-state index in [1.165, 1.54) is 12.1 Å². The fourth-order valence-corrected chi connectivity index (χ4v) is 2.55. The normalized spacial score (nSPS) is 13.2. The first-order valence-corrected chi connectivity index (χ1v) is 7.56. The molecule has 20 heavy (non-hydrogen) atoms. The molecule has 0 fully saturated rings. The molecule has 0 aliphatic heterocycles. The Morgan fingerprint density at radius 1 is 1.00 bits per heavy atom. The maximum absolute atomic E-state index is 12.9. The van der Waals surface area contributed by atoms with E-state index in [1.54, 1.807) is 19.1 Å². The van der Waals surface area contributed by atoms with Gasteiger partial charge in [-0.3, -0.25) is 0 Å². The highest BCUT2D eigenvalue weighted by molar-refractivity contribution is 7.87. The minimum absolute atomic E-state index is 0.281. The minimum Gasteiger partial charge on any atom is -0.216 e. The summed E-state index contributed by atoms with van der Waals surface area (Å²) in [6.45, 7) is 1.71. The van der Waals surface area contributed by atoms with Gasteiger partial charge in [-0.2, -0.15) is 13.1 Å². The molecular formula is C14H15FN2O2S. The van der Waals surface area contributed by atoms with E-state index in [9.17, 15) is 12.8 Å².